The highest BCUT2D eigenvalue weighted by Gasteiger charge is 2.57. The number of carboxylic acid groups (broad SMARTS) is 1. The first-order valence-corrected chi connectivity index (χ1v) is 7.06. The Morgan fingerprint density at radius 1 is 1.58 bits per heavy atom. The molecule has 2 fully saturated rings. The van der Waals surface area contributed by atoms with Gasteiger partial charge in [-0.05, 0) is 20.8 Å². The molecule has 0 radical (unpaired) electrons. The van der Waals surface area contributed by atoms with E-state index >= 15 is 0 Å². The van der Waals surface area contributed by atoms with Gasteiger partial charge in [0.05, 0.1) is 5.37 Å². The second-order valence-electron chi connectivity index (χ2n) is 5.10. The Morgan fingerprint density at radius 2 is 2.21 bits per heavy atom. The number of hydrogen-bond acceptors (Lipinski definition) is 4. The third-order valence-corrected chi connectivity index (χ3v) is 5.10. The maximum Gasteiger partial charge on any atom is 0.317 e. The third kappa shape index (κ3) is 1.90. The quantitative estimate of drug-likeness (QED) is 0.451. The standard InChI is InChI=1S/C13H18N2O3S/c1-4-5-13(12(17)18)6-15-9(16)8(7(2)3)10(15)19-11(13)14/h4-5,10-11H,6,14H2,1-3H3,(H,17,18)/b5-4+/t10-,11?,13?/m1/s1. The molecule has 2 saturated heterocycles. The first-order valence-electron chi connectivity index (χ1n) is 6.11. The van der Waals surface area contributed by atoms with Crippen molar-refractivity contribution >= 4 is 23.6 Å². The highest BCUT2D eigenvalue weighted by molar-refractivity contribution is 8.00. The maximum atomic E-state index is 12.1. The summed E-state index contributed by atoms with van der Waals surface area (Å²) >= 11 is 1.34. The average Bonchev–Trinajstić information content (AvgIpc) is 2.31. The minimum absolute atomic E-state index is 0.0699. The predicted molar refractivity (Wildman–Crippen MR) is 74.3 cm³/mol. The van der Waals surface area contributed by atoms with Gasteiger partial charge in [-0.3, -0.25) is 9.59 Å². The van der Waals surface area contributed by atoms with E-state index in [1.54, 1.807) is 24.0 Å². The summed E-state index contributed by atoms with van der Waals surface area (Å²) in [5, 5.41) is 8.83. The Morgan fingerprint density at radius 3 is 2.68 bits per heavy atom. The summed E-state index contributed by atoms with van der Waals surface area (Å²) in [6, 6.07) is 0. The summed E-state index contributed by atoms with van der Waals surface area (Å²) in [4.78, 5) is 25.2. The molecule has 5 nitrogen and oxygen atoms in total. The normalized spacial score (nSPS) is 34.2. The van der Waals surface area contributed by atoms with Crippen molar-refractivity contribution in [1.29, 1.82) is 0 Å². The van der Waals surface area contributed by atoms with Crippen molar-refractivity contribution in [2.24, 2.45) is 11.1 Å². The largest absolute Gasteiger partial charge is 0.480 e. The molecule has 3 atom stereocenters. The number of β-lactam (4-membered cyclic amide) rings is 1. The molecule has 2 aliphatic rings. The zero-order valence-electron chi connectivity index (χ0n) is 11.2. The highest BCUT2D eigenvalue weighted by atomic mass is 32.2. The number of carboxylic acids is 1. The van der Waals surface area contributed by atoms with Crippen molar-refractivity contribution in [3.8, 4) is 0 Å². The summed E-state index contributed by atoms with van der Waals surface area (Å²) in [7, 11) is 0. The molecule has 0 aromatic rings. The number of nitrogens with zero attached hydrogens (tertiary/aromatic N) is 1. The highest BCUT2D eigenvalue weighted by Crippen LogP contribution is 2.48. The maximum absolute atomic E-state index is 12.1. The first-order chi connectivity index (χ1) is 8.85. The van der Waals surface area contributed by atoms with Crippen molar-refractivity contribution < 1.29 is 14.7 Å². The molecule has 0 aromatic carbocycles. The van der Waals surface area contributed by atoms with Crippen molar-refractivity contribution in [3.05, 3.63) is 23.3 Å². The predicted octanol–water partition coefficient (Wildman–Crippen LogP) is 1.17. The second-order valence-corrected chi connectivity index (χ2v) is 6.33. The smallest absolute Gasteiger partial charge is 0.317 e. The SMILES string of the molecule is C/C=C/C1(C(=O)O)CN2C(=O)C(=C(C)C)[C@H]2SC1N. The first kappa shape index (κ1) is 14.1. The van der Waals surface area contributed by atoms with Gasteiger partial charge in [0.2, 0.25) is 0 Å². The van der Waals surface area contributed by atoms with Gasteiger partial charge in [-0.25, -0.2) is 0 Å². The number of amides is 1. The van der Waals surface area contributed by atoms with Crippen LogP contribution in [0.2, 0.25) is 0 Å². The Hall–Kier alpha value is -1.27. The van der Waals surface area contributed by atoms with Crippen molar-refractivity contribution in [1.82, 2.24) is 4.90 Å². The van der Waals surface area contributed by atoms with Crippen LogP contribution in [0.4, 0.5) is 0 Å². The van der Waals surface area contributed by atoms with Crippen molar-refractivity contribution in [2.45, 2.75) is 31.5 Å². The van der Waals surface area contributed by atoms with Crippen LogP contribution >= 0.6 is 11.8 Å². The molecule has 0 saturated carbocycles. The summed E-state index contributed by atoms with van der Waals surface area (Å²) in [5.74, 6) is -1.05. The molecule has 2 heterocycles. The van der Waals surface area contributed by atoms with E-state index in [4.69, 9.17) is 5.73 Å². The lowest BCUT2D eigenvalue weighted by atomic mass is 9.84. The van der Waals surface area contributed by atoms with Crippen LogP contribution in [0.25, 0.3) is 0 Å². The molecule has 0 bridgehead atoms. The van der Waals surface area contributed by atoms with Crippen LogP contribution < -0.4 is 5.73 Å². The molecule has 0 aromatic heterocycles. The van der Waals surface area contributed by atoms with E-state index in [-0.39, 0.29) is 17.8 Å². The molecular formula is C13H18N2O3S. The van der Waals surface area contributed by atoms with Gasteiger partial charge in [-0.2, -0.15) is 0 Å². The van der Waals surface area contributed by atoms with E-state index in [1.807, 2.05) is 13.8 Å². The number of nitrogens with two attached hydrogens (primary N) is 1. The molecule has 0 spiro atoms. The van der Waals surface area contributed by atoms with Gasteiger partial charge < -0.3 is 15.7 Å². The molecule has 3 N–H and O–H groups in total. The Bertz CT molecular complexity index is 496. The molecule has 0 aliphatic carbocycles. The van der Waals surface area contributed by atoms with Crippen LogP contribution in [0.15, 0.2) is 23.3 Å². The number of thioether (sulfide) groups is 1. The zero-order valence-corrected chi connectivity index (χ0v) is 12.0. The lowest BCUT2D eigenvalue weighted by molar-refractivity contribution is -0.150. The molecule has 104 valence electrons. The van der Waals surface area contributed by atoms with Crippen molar-refractivity contribution in [3.63, 3.8) is 0 Å². The van der Waals surface area contributed by atoms with Gasteiger partial charge in [0.15, 0.2) is 0 Å². The van der Waals surface area contributed by atoms with Gasteiger partial charge in [-0.1, -0.05) is 17.7 Å². The second kappa shape index (κ2) is 4.68. The van der Waals surface area contributed by atoms with Crippen molar-refractivity contribution in [2.75, 3.05) is 6.54 Å². The van der Waals surface area contributed by atoms with Gasteiger partial charge in [-0.15, -0.1) is 11.8 Å². The summed E-state index contributed by atoms with van der Waals surface area (Å²) in [5.41, 5.74) is 6.61. The summed E-state index contributed by atoms with van der Waals surface area (Å²) in [6.07, 6.45) is 3.28. The van der Waals surface area contributed by atoms with E-state index in [0.717, 1.165) is 11.1 Å². The molecule has 6 heteroatoms. The fraction of sp³-hybridized carbons (Fsp3) is 0.538. The van der Waals surface area contributed by atoms with Crippen LogP contribution in [0, 0.1) is 5.41 Å². The number of hydrogen-bond donors (Lipinski definition) is 2. The molecule has 2 rings (SSSR count). The monoisotopic (exact) mass is 282 g/mol. The lowest BCUT2D eigenvalue weighted by Crippen LogP contribution is -2.66. The average molecular weight is 282 g/mol. The molecule has 2 aliphatic heterocycles. The van der Waals surface area contributed by atoms with E-state index in [0.29, 0.717) is 0 Å². The molecular weight excluding hydrogens is 264 g/mol. The van der Waals surface area contributed by atoms with Crippen LogP contribution in [0.3, 0.4) is 0 Å². The fourth-order valence-corrected chi connectivity index (χ4v) is 4.12. The molecule has 2 unspecified atom stereocenters. The fourth-order valence-electron chi connectivity index (χ4n) is 2.55. The van der Waals surface area contributed by atoms with Gasteiger partial charge in [0.25, 0.3) is 5.91 Å². The van der Waals surface area contributed by atoms with E-state index in [2.05, 4.69) is 0 Å². The molecule has 19 heavy (non-hydrogen) atoms. The number of carbonyl (C=O) groups excluding carboxylic acids is 1. The van der Waals surface area contributed by atoms with Crippen LogP contribution in [-0.2, 0) is 9.59 Å². The van der Waals surface area contributed by atoms with Crippen LogP contribution in [0.5, 0.6) is 0 Å². The van der Waals surface area contributed by atoms with Gasteiger partial charge >= 0.3 is 5.97 Å². The number of aliphatic carboxylic acids is 1. The summed E-state index contributed by atoms with van der Waals surface area (Å²) < 4.78 is 0. The minimum Gasteiger partial charge on any atom is -0.480 e. The molecule has 1 amide bonds. The van der Waals surface area contributed by atoms with Crippen LogP contribution in [-0.4, -0.2) is 39.2 Å². The Kier molecular flexibility index (Phi) is 3.49. The topological polar surface area (TPSA) is 83.6 Å². The number of carbonyl (C=O) groups is 2. The Balaban J connectivity index is 2.35. The minimum atomic E-state index is -1.20. The number of fused-ring (bicyclic) bond motifs is 1. The van der Waals surface area contributed by atoms with E-state index in [9.17, 15) is 14.7 Å². The Labute approximate surface area is 116 Å². The van der Waals surface area contributed by atoms with E-state index in [1.165, 1.54) is 11.8 Å². The van der Waals surface area contributed by atoms with Gasteiger partial charge in [0, 0.05) is 12.1 Å². The number of rotatable bonds is 2. The van der Waals surface area contributed by atoms with Crippen LogP contribution in [0.1, 0.15) is 20.8 Å². The third-order valence-electron chi connectivity index (χ3n) is 3.64. The summed E-state index contributed by atoms with van der Waals surface area (Å²) in [6.45, 7) is 5.68. The lowest BCUT2D eigenvalue weighted by Gasteiger charge is -2.53. The zero-order chi connectivity index (χ0) is 14.4. The number of allylic oxidation sites excluding steroid dienone is 2. The van der Waals surface area contributed by atoms with E-state index < -0.39 is 16.8 Å². The van der Waals surface area contributed by atoms with Gasteiger partial charge in [0.1, 0.15) is 10.8 Å².